The number of ether oxygens (including phenoxy) is 1. The Morgan fingerprint density at radius 2 is 1.75 bits per heavy atom. The first-order valence-corrected chi connectivity index (χ1v) is 8.21. The number of para-hydroxylation sites is 1. The number of hydrogen-bond donors (Lipinski definition) is 1. The Morgan fingerprint density at radius 3 is 2.38 bits per heavy atom. The minimum absolute atomic E-state index is 0.189. The molecule has 0 spiro atoms. The van der Waals surface area contributed by atoms with E-state index in [2.05, 4.69) is 49.1 Å². The van der Waals surface area contributed by atoms with Crippen LogP contribution in [0.4, 0.5) is 5.69 Å². The van der Waals surface area contributed by atoms with E-state index in [1.165, 1.54) is 5.69 Å². The Labute approximate surface area is 142 Å². The summed E-state index contributed by atoms with van der Waals surface area (Å²) in [7, 11) is 0. The molecule has 0 fully saturated rings. The third-order valence-electron chi connectivity index (χ3n) is 4.48. The van der Waals surface area contributed by atoms with Gasteiger partial charge in [0, 0.05) is 24.3 Å². The van der Waals surface area contributed by atoms with Crippen LogP contribution in [0.25, 0.3) is 0 Å². The number of nitriles is 1. The zero-order chi connectivity index (χ0) is 17.1. The van der Waals surface area contributed by atoms with Gasteiger partial charge >= 0.3 is 0 Å². The molecule has 0 bridgehead atoms. The highest BCUT2D eigenvalue weighted by molar-refractivity contribution is 5.57. The maximum Gasteiger partial charge on any atom is 0.205 e. The van der Waals surface area contributed by atoms with E-state index in [9.17, 15) is 5.26 Å². The molecule has 0 aromatic heterocycles. The predicted molar refractivity (Wildman–Crippen MR) is 95.7 cm³/mol. The molecule has 4 nitrogen and oxygen atoms in total. The van der Waals surface area contributed by atoms with Crippen LogP contribution in [0.5, 0.6) is 5.75 Å². The normalized spacial score (nSPS) is 16.1. The molecule has 1 aliphatic heterocycles. The molecule has 0 radical (unpaired) electrons. The number of benzene rings is 2. The van der Waals surface area contributed by atoms with E-state index >= 15 is 0 Å². The summed E-state index contributed by atoms with van der Waals surface area (Å²) in [5.41, 5.74) is 9.64. The molecule has 0 unspecified atom stereocenters. The number of fused-ring (bicyclic) bond motifs is 1. The van der Waals surface area contributed by atoms with E-state index in [-0.39, 0.29) is 11.8 Å². The molecular weight excluding hydrogens is 298 g/mol. The van der Waals surface area contributed by atoms with Crippen LogP contribution < -0.4 is 15.4 Å². The Bertz CT molecular complexity index is 798. The molecular formula is C20H21N3O. The molecule has 1 heterocycles. The molecule has 2 aromatic carbocycles. The summed E-state index contributed by atoms with van der Waals surface area (Å²) in [6.07, 6.45) is 0. The fraction of sp³-hybridized carbons (Fsp3) is 0.250. The largest absolute Gasteiger partial charge is 0.440 e. The molecule has 0 saturated carbocycles. The second-order valence-electron chi connectivity index (χ2n) is 5.73. The Balaban J connectivity index is 2.05. The first-order valence-electron chi connectivity index (χ1n) is 8.21. The van der Waals surface area contributed by atoms with Crippen LogP contribution in [-0.4, -0.2) is 13.1 Å². The maximum atomic E-state index is 9.56. The van der Waals surface area contributed by atoms with Crippen LogP contribution in [0.3, 0.4) is 0 Å². The summed E-state index contributed by atoms with van der Waals surface area (Å²) in [5, 5.41) is 9.56. The average molecular weight is 319 g/mol. The highest BCUT2D eigenvalue weighted by Crippen LogP contribution is 2.41. The summed E-state index contributed by atoms with van der Waals surface area (Å²) in [6.45, 7) is 6.21. The minimum Gasteiger partial charge on any atom is -0.440 e. The molecule has 3 rings (SSSR count). The van der Waals surface area contributed by atoms with Gasteiger partial charge in [0.15, 0.2) is 0 Å². The molecule has 1 aliphatic rings. The fourth-order valence-electron chi connectivity index (χ4n) is 3.22. The van der Waals surface area contributed by atoms with Gasteiger partial charge in [0.25, 0.3) is 0 Å². The van der Waals surface area contributed by atoms with Gasteiger partial charge < -0.3 is 15.4 Å². The van der Waals surface area contributed by atoms with Crippen molar-refractivity contribution in [3.05, 3.63) is 71.1 Å². The first-order chi connectivity index (χ1) is 11.7. The van der Waals surface area contributed by atoms with Crippen LogP contribution in [0.15, 0.2) is 60.0 Å². The molecule has 0 amide bonds. The van der Waals surface area contributed by atoms with Gasteiger partial charge in [-0.25, -0.2) is 0 Å². The lowest BCUT2D eigenvalue weighted by Crippen LogP contribution is -2.22. The van der Waals surface area contributed by atoms with Crippen molar-refractivity contribution < 1.29 is 4.74 Å². The molecule has 0 aliphatic carbocycles. The van der Waals surface area contributed by atoms with Crippen LogP contribution in [0.2, 0.25) is 0 Å². The zero-order valence-corrected chi connectivity index (χ0v) is 14.0. The third kappa shape index (κ3) is 2.69. The summed E-state index contributed by atoms with van der Waals surface area (Å²) < 4.78 is 5.61. The van der Waals surface area contributed by atoms with E-state index in [1.807, 2.05) is 24.3 Å². The van der Waals surface area contributed by atoms with Crippen molar-refractivity contribution in [2.75, 3.05) is 18.0 Å². The summed E-state index contributed by atoms with van der Waals surface area (Å²) >= 11 is 0. The number of rotatable bonds is 4. The molecule has 2 N–H and O–H groups in total. The number of anilines is 1. The smallest absolute Gasteiger partial charge is 0.205 e. The molecule has 4 heteroatoms. The van der Waals surface area contributed by atoms with Crippen LogP contribution >= 0.6 is 0 Å². The third-order valence-corrected chi connectivity index (χ3v) is 4.48. The van der Waals surface area contributed by atoms with Gasteiger partial charge in [0.05, 0.1) is 5.92 Å². The average Bonchev–Trinajstić information content (AvgIpc) is 2.62. The maximum absolute atomic E-state index is 9.56. The van der Waals surface area contributed by atoms with Gasteiger partial charge in [-0.3, -0.25) is 0 Å². The van der Waals surface area contributed by atoms with Gasteiger partial charge in [-0.1, -0.05) is 30.3 Å². The summed E-state index contributed by atoms with van der Waals surface area (Å²) in [5.74, 6) is 0.714. The molecule has 2 aromatic rings. The van der Waals surface area contributed by atoms with E-state index in [1.54, 1.807) is 0 Å². The number of hydrogen-bond acceptors (Lipinski definition) is 4. The van der Waals surface area contributed by atoms with E-state index in [0.29, 0.717) is 11.3 Å². The standard InChI is InChI=1S/C20H21N3O/c1-3-23(4-2)15-11-9-14(10-12-15)19-16-7-5-6-8-18(16)24-20(22)17(19)13-21/h5-12,19H,3-4,22H2,1-2H3/t19-/m0/s1. The number of allylic oxidation sites excluding steroid dienone is 1. The summed E-state index contributed by atoms with van der Waals surface area (Å²) in [4.78, 5) is 2.29. The van der Waals surface area contributed by atoms with Gasteiger partial charge in [-0.2, -0.15) is 5.26 Å². The molecule has 24 heavy (non-hydrogen) atoms. The lowest BCUT2D eigenvalue weighted by atomic mass is 9.83. The minimum atomic E-state index is -0.189. The lowest BCUT2D eigenvalue weighted by Gasteiger charge is -2.27. The van der Waals surface area contributed by atoms with Gasteiger partial charge in [-0.05, 0) is 37.6 Å². The van der Waals surface area contributed by atoms with Crippen molar-refractivity contribution >= 4 is 5.69 Å². The van der Waals surface area contributed by atoms with Crippen molar-refractivity contribution in [1.29, 1.82) is 5.26 Å². The van der Waals surface area contributed by atoms with Gasteiger partial charge in [0.1, 0.15) is 17.4 Å². The van der Waals surface area contributed by atoms with Crippen LogP contribution in [0.1, 0.15) is 30.9 Å². The highest BCUT2D eigenvalue weighted by Gasteiger charge is 2.30. The molecule has 0 saturated heterocycles. The Kier molecular flexibility index (Phi) is 4.43. The Morgan fingerprint density at radius 1 is 1.08 bits per heavy atom. The Hall–Kier alpha value is -2.93. The SMILES string of the molecule is CCN(CC)c1ccc([C@@H]2C(C#N)=C(N)Oc3ccccc32)cc1. The van der Waals surface area contributed by atoms with Crippen LogP contribution in [0, 0.1) is 11.3 Å². The zero-order valence-electron chi connectivity index (χ0n) is 14.0. The number of nitrogens with zero attached hydrogens (tertiary/aromatic N) is 2. The number of nitrogens with two attached hydrogens (primary N) is 1. The fourth-order valence-corrected chi connectivity index (χ4v) is 3.22. The first kappa shape index (κ1) is 15.9. The van der Waals surface area contributed by atoms with E-state index in [4.69, 9.17) is 10.5 Å². The van der Waals surface area contributed by atoms with Crippen molar-refractivity contribution in [1.82, 2.24) is 0 Å². The monoisotopic (exact) mass is 319 g/mol. The molecule has 1 atom stereocenters. The van der Waals surface area contributed by atoms with Crippen molar-refractivity contribution in [2.45, 2.75) is 19.8 Å². The quantitative estimate of drug-likeness (QED) is 0.932. The second kappa shape index (κ2) is 6.67. The summed E-state index contributed by atoms with van der Waals surface area (Å²) in [6, 6.07) is 18.3. The van der Waals surface area contributed by atoms with Crippen molar-refractivity contribution in [3.8, 4) is 11.8 Å². The molecule has 122 valence electrons. The van der Waals surface area contributed by atoms with Crippen molar-refractivity contribution in [3.63, 3.8) is 0 Å². The second-order valence-corrected chi connectivity index (χ2v) is 5.73. The van der Waals surface area contributed by atoms with Crippen molar-refractivity contribution in [2.24, 2.45) is 5.73 Å². The highest BCUT2D eigenvalue weighted by atomic mass is 16.5. The topological polar surface area (TPSA) is 62.3 Å². The van der Waals surface area contributed by atoms with E-state index < -0.39 is 0 Å². The van der Waals surface area contributed by atoms with Gasteiger partial charge in [-0.15, -0.1) is 0 Å². The van der Waals surface area contributed by atoms with Crippen LogP contribution in [-0.2, 0) is 0 Å². The van der Waals surface area contributed by atoms with E-state index in [0.717, 1.165) is 24.2 Å². The van der Waals surface area contributed by atoms with Gasteiger partial charge in [0.2, 0.25) is 5.88 Å². The predicted octanol–water partition coefficient (Wildman–Crippen LogP) is 3.75. The lowest BCUT2D eigenvalue weighted by molar-refractivity contribution is 0.393.